The lowest BCUT2D eigenvalue weighted by atomic mass is 9.77. The highest BCUT2D eigenvalue weighted by molar-refractivity contribution is 5.86. The fraction of sp³-hybridized carbons (Fsp3) is 0.800. The van der Waals surface area contributed by atoms with E-state index in [1.165, 1.54) is 13.0 Å². The van der Waals surface area contributed by atoms with Crippen LogP contribution in [0.2, 0.25) is 0 Å². The van der Waals surface area contributed by atoms with Crippen molar-refractivity contribution in [3.8, 4) is 0 Å². The number of ether oxygens (including phenoxy) is 1. The first-order valence-corrected chi connectivity index (χ1v) is 6.70. The van der Waals surface area contributed by atoms with Gasteiger partial charge in [0.15, 0.2) is 0 Å². The zero-order chi connectivity index (χ0) is 12.6. The van der Waals surface area contributed by atoms with Gasteiger partial charge in [0, 0.05) is 5.57 Å². The minimum Gasteiger partial charge on any atom is -0.466 e. The van der Waals surface area contributed by atoms with Crippen LogP contribution in [0, 0.1) is 23.2 Å². The third-order valence-electron chi connectivity index (χ3n) is 4.70. The summed E-state index contributed by atoms with van der Waals surface area (Å²) in [6, 6.07) is 0. The summed E-state index contributed by atoms with van der Waals surface area (Å²) in [4.78, 5) is 10.2. The topological polar surface area (TPSA) is 26.3 Å². The molecule has 0 aliphatic heterocycles. The molecule has 4 unspecified atom stereocenters. The predicted octanol–water partition coefficient (Wildman–Crippen LogP) is 3.57. The number of methoxy groups -OCH3 is 1. The molecule has 0 heterocycles. The van der Waals surface area contributed by atoms with Crippen molar-refractivity contribution in [3.05, 3.63) is 12.2 Å². The lowest BCUT2D eigenvalue weighted by Crippen LogP contribution is -2.17. The lowest BCUT2D eigenvalue weighted by molar-refractivity contribution is -0.136. The highest BCUT2D eigenvalue weighted by Crippen LogP contribution is 2.71. The van der Waals surface area contributed by atoms with Crippen molar-refractivity contribution in [1.29, 1.82) is 0 Å². The number of hydrogen-bond donors (Lipinski definition) is 0. The second-order valence-electron chi connectivity index (χ2n) is 6.39. The maximum absolute atomic E-state index is 10.2. The van der Waals surface area contributed by atoms with Gasteiger partial charge >= 0.3 is 5.97 Å². The van der Waals surface area contributed by atoms with Crippen LogP contribution in [0.1, 0.15) is 46.0 Å². The van der Waals surface area contributed by atoms with Crippen molar-refractivity contribution in [2.24, 2.45) is 23.2 Å². The molecular weight excluding hydrogens is 212 g/mol. The Labute approximate surface area is 104 Å². The van der Waals surface area contributed by atoms with Crippen LogP contribution < -0.4 is 0 Å². The van der Waals surface area contributed by atoms with Gasteiger partial charge in [-0.2, -0.15) is 0 Å². The summed E-state index contributed by atoms with van der Waals surface area (Å²) in [6.45, 7) is 7.41. The number of esters is 1. The van der Waals surface area contributed by atoms with Crippen LogP contribution in [0.25, 0.3) is 0 Å². The Balaban J connectivity index is 0.000000139. The molecule has 1 spiro atoms. The molecule has 2 heteroatoms. The van der Waals surface area contributed by atoms with Gasteiger partial charge < -0.3 is 4.74 Å². The molecule has 3 rings (SSSR count). The van der Waals surface area contributed by atoms with Crippen LogP contribution in [0.3, 0.4) is 0 Å². The lowest BCUT2D eigenvalue weighted by Gasteiger charge is -2.28. The molecule has 3 fully saturated rings. The highest BCUT2D eigenvalue weighted by Gasteiger charge is 2.61. The number of hydrogen-bond acceptors (Lipinski definition) is 2. The van der Waals surface area contributed by atoms with Crippen molar-refractivity contribution in [2.45, 2.75) is 46.0 Å². The number of carbonyl (C=O) groups excluding carboxylic acids is 1. The average Bonchev–Trinajstić information content (AvgIpc) is 2.80. The first kappa shape index (κ1) is 12.7. The SMILES string of the molecule is C=C(C)C(=O)OC.CC1CC2CC3CC3(C1)C2. The molecule has 0 radical (unpaired) electrons. The van der Waals surface area contributed by atoms with Crippen LogP contribution in [0.15, 0.2) is 12.2 Å². The van der Waals surface area contributed by atoms with Crippen molar-refractivity contribution < 1.29 is 9.53 Å². The first-order valence-electron chi connectivity index (χ1n) is 6.70. The average molecular weight is 236 g/mol. The normalized spacial score (nSPS) is 40.8. The zero-order valence-corrected chi connectivity index (χ0v) is 11.3. The van der Waals surface area contributed by atoms with E-state index < -0.39 is 0 Å². The van der Waals surface area contributed by atoms with E-state index in [0.29, 0.717) is 5.57 Å². The van der Waals surface area contributed by atoms with Crippen molar-refractivity contribution >= 4 is 5.97 Å². The number of carbonyl (C=O) groups is 1. The second kappa shape index (κ2) is 4.47. The van der Waals surface area contributed by atoms with E-state index in [1.807, 2.05) is 0 Å². The number of fused-ring (bicyclic) bond motifs is 1. The fourth-order valence-electron chi connectivity index (χ4n) is 4.11. The second-order valence-corrected chi connectivity index (χ2v) is 6.39. The summed E-state index contributed by atoms with van der Waals surface area (Å²) in [5.74, 6) is 3.07. The van der Waals surface area contributed by atoms with Gasteiger partial charge in [-0.25, -0.2) is 4.79 Å². The molecule has 0 N–H and O–H groups in total. The van der Waals surface area contributed by atoms with Gasteiger partial charge in [0.25, 0.3) is 0 Å². The summed E-state index contributed by atoms with van der Waals surface area (Å²) in [6.07, 6.45) is 7.95. The molecule has 0 aromatic heterocycles. The quantitative estimate of drug-likeness (QED) is 0.514. The molecule has 3 saturated carbocycles. The molecule has 2 nitrogen and oxygen atoms in total. The molecule has 2 bridgehead atoms. The van der Waals surface area contributed by atoms with Crippen LogP contribution in [0.4, 0.5) is 0 Å². The smallest absolute Gasteiger partial charge is 0.332 e. The van der Waals surface area contributed by atoms with E-state index in [2.05, 4.69) is 18.2 Å². The summed E-state index contributed by atoms with van der Waals surface area (Å²) < 4.78 is 4.27. The maximum Gasteiger partial charge on any atom is 0.332 e. The summed E-state index contributed by atoms with van der Waals surface area (Å²) >= 11 is 0. The molecule has 4 atom stereocenters. The molecule has 3 aliphatic carbocycles. The van der Waals surface area contributed by atoms with E-state index in [0.717, 1.165) is 17.3 Å². The van der Waals surface area contributed by atoms with Gasteiger partial charge in [-0.3, -0.25) is 0 Å². The van der Waals surface area contributed by atoms with E-state index >= 15 is 0 Å². The van der Waals surface area contributed by atoms with Crippen molar-refractivity contribution in [1.82, 2.24) is 0 Å². The fourth-order valence-corrected chi connectivity index (χ4v) is 4.11. The summed E-state index contributed by atoms with van der Waals surface area (Å²) in [5, 5.41) is 0. The van der Waals surface area contributed by atoms with Gasteiger partial charge in [-0.15, -0.1) is 0 Å². The van der Waals surface area contributed by atoms with Gasteiger partial charge in [0.2, 0.25) is 0 Å². The molecule has 0 saturated heterocycles. The third kappa shape index (κ3) is 2.56. The van der Waals surface area contributed by atoms with Crippen LogP contribution in [0.5, 0.6) is 0 Å². The molecule has 0 aromatic rings. The Bertz CT molecular complexity index is 332. The Morgan fingerprint density at radius 1 is 1.29 bits per heavy atom. The van der Waals surface area contributed by atoms with Crippen LogP contribution in [-0.2, 0) is 9.53 Å². The van der Waals surface area contributed by atoms with E-state index in [4.69, 9.17) is 0 Å². The largest absolute Gasteiger partial charge is 0.466 e. The standard InChI is InChI=1S/C10H16.C5H8O2/c1-7-2-8-3-9-6-10(9,4-7)5-8;1-4(2)5(6)7-3/h7-9H,2-6H2,1H3;1H2,2-3H3. The van der Waals surface area contributed by atoms with E-state index in [-0.39, 0.29) is 5.97 Å². The first-order chi connectivity index (χ1) is 7.97. The zero-order valence-electron chi connectivity index (χ0n) is 11.3. The Kier molecular flexibility index (Phi) is 3.33. The molecular formula is C15H24O2. The van der Waals surface area contributed by atoms with Gasteiger partial charge in [0.1, 0.15) is 0 Å². The maximum atomic E-state index is 10.2. The van der Waals surface area contributed by atoms with Crippen molar-refractivity contribution in [3.63, 3.8) is 0 Å². The monoisotopic (exact) mass is 236 g/mol. The molecule has 3 aliphatic rings. The highest BCUT2D eigenvalue weighted by atomic mass is 16.5. The third-order valence-corrected chi connectivity index (χ3v) is 4.70. The van der Waals surface area contributed by atoms with Gasteiger partial charge in [-0.05, 0) is 62.2 Å². The summed E-state index contributed by atoms with van der Waals surface area (Å²) in [5.41, 5.74) is 1.37. The predicted molar refractivity (Wildman–Crippen MR) is 68.5 cm³/mol. The Hall–Kier alpha value is -0.790. The Morgan fingerprint density at radius 2 is 2.00 bits per heavy atom. The molecule has 0 amide bonds. The minimum atomic E-state index is -0.347. The molecule has 0 aromatic carbocycles. The van der Waals surface area contributed by atoms with Crippen LogP contribution in [-0.4, -0.2) is 13.1 Å². The number of rotatable bonds is 1. The van der Waals surface area contributed by atoms with Crippen LogP contribution >= 0.6 is 0 Å². The molecule has 96 valence electrons. The Morgan fingerprint density at radius 3 is 2.47 bits per heavy atom. The van der Waals surface area contributed by atoms with E-state index in [9.17, 15) is 4.79 Å². The van der Waals surface area contributed by atoms with E-state index in [1.54, 1.807) is 39.0 Å². The minimum absolute atomic E-state index is 0.347. The summed E-state index contributed by atoms with van der Waals surface area (Å²) in [7, 11) is 1.33. The van der Waals surface area contributed by atoms with Crippen molar-refractivity contribution in [2.75, 3.05) is 7.11 Å². The van der Waals surface area contributed by atoms with Gasteiger partial charge in [0.05, 0.1) is 7.11 Å². The van der Waals surface area contributed by atoms with Gasteiger partial charge in [-0.1, -0.05) is 13.5 Å². The molecule has 17 heavy (non-hydrogen) atoms.